The van der Waals surface area contributed by atoms with E-state index in [0.717, 1.165) is 16.7 Å². The fourth-order valence-electron chi connectivity index (χ4n) is 5.83. The van der Waals surface area contributed by atoms with Gasteiger partial charge in [-0.15, -0.1) is 0 Å². The zero-order chi connectivity index (χ0) is 32.5. The standard InChI is InChI=1S/C36H44O10/c1-23-30(40-20-26-14-8-5-9-15-26)29(38)32(45-25(3)37)36(44-23)46-33-31(41-21-27-16-10-6-11-17-27)24(2)43-35(39-4)34(33)42-22-28-18-12-7-13-19-28/h5-19,23-24,29-36,38H,20-22H2,1-4H3/t23-,24-,29+,30-,31-,32+,33+,34+,35+,36-/m0/s1. The molecule has 3 aromatic rings. The summed E-state index contributed by atoms with van der Waals surface area (Å²) in [5.41, 5.74) is 2.85. The molecular formula is C36H44O10. The molecular weight excluding hydrogens is 592 g/mol. The quantitative estimate of drug-likeness (QED) is 0.268. The summed E-state index contributed by atoms with van der Waals surface area (Å²) in [5.74, 6) is -0.596. The van der Waals surface area contributed by atoms with Crippen LogP contribution in [0.15, 0.2) is 91.0 Å². The fourth-order valence-corrected chi connectivity index (χ4v) is 5.83. The molecule has 2 aliphatic heterocycles. The average molecular weight is 637 g/mol. The van der Waals surface area contributed by atoms with E-state index in [2.05, 4.69) is 0 Å². The molecule has 0 radical (unpaired) electrons. The topological polar surface area (TPSA) is 111 Å². The van der Waals surface area contributed by atoms with Crippen molar-refractivity contribution < 1.29 is 47.8 Å². The minimum atomic E-state index is -1.25. The molecule has 2 fully saturated rings. The van der Waals surface area contributed by atoms with E-state index in [1.54, 1.807) is 6.92 Å². The lowest BCUT2D eigenvalue weighted by atomic mass is 9.96. The minimum absolute atomic E-state index is 0.242. The van der Waals surface area contributed by atoms with E-state index in [1.165, 1.54) is 14.0 Å². The number of benzene rings is 3. The smallest absolute Gasteiger partial charge is 0.303 e. The zero-order valence-electron chi connectivity index (χ0n) is 26.7. The predicted molar refractivity (Wildman–Crippen MR) is 167 cm³/mol. The first-order valence-corrected chi connectivity index (χ1v) is 15.6. The van der Waals surface area contributed by atoms with Crippen LogP contribution in [0.2, 0.25) is 0 Å². The number of ether oxygens (including phenoxy) is 8. The van der Waals surface area contributed by atoms with Crippen LogP contribution in [-0.2, 0) is 62.5 Å². The van der Waals surface area contributed by atoms with Gasteiger partial charge in [0.2, 0.25) is 0 Å². The maximum Gasteiger partial charge on any atom is 0.303 e. The Morgan fingerprint density at radius 2 is 1.07 bits per heavy atom. The highest BCUT2D eigenvalue weighted by Gasteiger charge is 2.53. The molecule has 10 nitrogen and oxygen atoms in total. The summed E-state index contributed by atoms with van der Waals surface area (Å²) in [6.07, 6.45) is -8.54. The van der Waals surface area contributed by atoms with Crippen molar-refractivity contribution in [1.82, 2.24) is 0 Å². The molecule has 2 saturated heterocycles. The Bertz CT molecular complexity index is 1330. The SMILES string of the molecule is CO[C@@H]1O[C@@H](C)[C@H](OCc2ccccc2)[C@@H](O[C@@H]2O[C@@H](C)[C@H](OCc3ccccc3)[C@@H](O)[C@H]2OC(C)=O)[C@H]1OCc1ccccc1. The van der Waals surface area contributed by atoms with E-state index in [-0.39, 0.29) is 19.8 Å². The van der Waals surface area contributed by atoms with Crippen LogP contribution in [0.25, 0.3) is 0 Å². The number of methoxy groups -OCH3 is 1. The first-order valence-electron chi connectivity index (χ1n) is 15.6. The van der Waals surface area contributed by atoms with E-state index >= 15 is 0 Å². The molecule has 1 N–H and O–H groups in total. The van der Waals surface area contributed by atoms with Gasteiger partial charge < -0.3 is 43.0 Å². The van der Waals surface area contributed by atoms with Gasteiger partial charge in [0.15, 0.2) is 18.7 Å². The van der Waals surface area contributed by atoms with Crippen LogP contribution < -0.4 is 0 Å². The van der Waals surface area contributed by atoms with Crippen LogP contribution in [-0.4, -0.2) is 79.6 Å². The van der Waals surface area contributed by atoms with Crippen molar-refractivity contribution >= 4 is 5.97 Å². The van der Waals surface area contributed by atoms with Crippen molar-refractivity contribution in [2.75, 3.05) is 7.11 Å². The average Bonchev–Trinajstić information content (AvgIpc) is 3.06. The molecule has 10 heteroatoms. The third-order valence-electron chi connectivity index (χ3n) is 8.16. The first-order chi connectivity index (χ1) is 22.3. The van der Waals surface area contributed by atoms with Gasteiger partial charge in [-0.05, 0) is 30.5 Å². The summed E-state index contributed by atoms with van der Waals surface area (Å²) in [6, 6.07) is 29.1. The minimum Gasteiger partial charge on any atom is -0.454 e. The van der Waals surface area contributed by atoms with Crippen LogP contribution in [0.1, 0.15) is 37.5 Å². The Kier molecular flexibility index (Phi) is 12.3. The maximum atomic E-state index is 12.3. The lowest BCUT2D eigenvalue weighted by Crippen LogP contribution is -2.65. The van der Waals surface area contributed by atoms with Crippen molar-refractivity contribution in [3.05, 3.63) is 108 Å². The summed E-state index contributed by atoms with van der Waals surface area (Å²) >= 11 is 0. The highest BCUT2D eigenvalue weighted by Crippen LogP contribution is 2.34. The van der Waals surface area contributed by atoms with Crippen LogP contribution >= 0.6 is 0 Å². The van der Waals surface area contributed by atoms with Crippen LogP contribution in [0.5, 0.6) is 0 Å². The Balaban J connectivity index is 1.40. The molecule has 0 spiro atoms. The molecule has 3 aromatic carbocycles. The number of carbonyl (C=O) groups excluding carboxylic acids is 1. The lowest BCUT2D eigenvalue weighted by Gasteiger charge is -2.48. The number of carbonyl (C=O) groups is 1. The van der Waals surface area contributed by atoms with Crippen molar-refractivity contribution in [2.24, 2.45) is 0 Å². The third-order valence-corrected chi connectivity index (χ3v) is 8.16. The number of aliphatic hydroxyl groups excluding tert-OH is 1. The van der Waals surface area contributed by atoms with E-state index in [0.29, 0.717) is 0 Å². The molecule has 10 atom stereocenters. The lowest BCUT2D eigenvalue weighted by molar-refractivity contribution is -0.364. The van der Waals surface area contributed by atoms with Gasteiger partial charge in [0, 0.05) is 14.0 Å². The molecule has 2 aliphatic rings. The number of esters is 1. The molecule has 2 heterocycles. The van der Waals surface area contributed by atoms with Gasteiger partial charge in [-0.2, -0.15) is 0 Å². The molecule has 0 amide bonds. The molecule has 46 heavy (non-hydrogen) atoms. The van der Waals surface area contributed by atoms with Gasteiger partial charge >= 0.3 is 5.97 Å². The summed E-state index contributed by atoms with van der Waals surface area (Å²) in [5, 5.41) is 11.5. The molecule has 0 bridgehead atoms. The van der Waals surface area contributed by atoms with E-state index in [9.17, 15) is 9.90 Å². The normalized spacial score (nSPS) is 31.3. The fraction of sp³-hybridized carbons (Fsp3) is 0.472. The third kappa shape index (κ3) is 8.78. The van der Waals surface area contributed by atoms with Gasteiger partial charge in [0.05, 0.1) is 32.0 Å². The van der Waals surface area contributed by atoms with E-state index in [4.69, 9.17) is 37.9 Å². The molecule has 0 saturated carbocycles. The van der Waals surface area contributed by atoms with Crippen LogP contribution in [0.4, 0.5) is 0 Å². The van der Waals surface area contributed by atoms with Crippen LogP contribution in [0, 0.1) is 0 Å². The Morgan fingerprint density at radius 3 is 1.54 bits per heavy atom. The van der Waals surface area contributed by atoms with Gasteiger partial charge in [-0.25, -0.2) is 0 Å². The molecule has 0 aromatic heterocycles. The maximum absolute atomic E-state index is 12.3. The molecule has 5 rings (SSSR count). The molecule has 0 unspecified atom stereocenters. The number of aliphatic hydroxyl groups is 1. The van der Waals surface area contributed by atoms with Gasteiger partial charge in [0.1, 0.15) is 30.5 Å². The van der Waals surface area contributed by atoms with Gasteiger partial charge in [-0.3, -0.25) is 4.79 Å². The second kappa shape index (κ2) is 16.6. The molecule has 248 valence electrons. The zero-order valence-corrected chi connectivity index (χ0v) is 26.7. The highest BCUT2D eigenvalue weighted by atomic mass is 16.8. The monoisotopic (exact) mass is 636 g/mol. The van der Waals surface area contributed by atoms with Gasteiger partial charge in [-0.1, -0.05) is 91.0 Å². The van der Waals surface area contributed by atoms with Crippen LogP contribution in [0.3, 0.4) is 0 Å². The van der Waals surface area contributed by atoms with E-state index in [1.807, 2.05) is 97.9 Å². The second-order valence-electron chi connectivity index (χ2n) is 11.6. The number of rotatable bonds is 13. The van der Waals surface area contributed by atoms with Crippen molar-refractivity contribution in [2.45, 2.75) is 102 Å². The first kappa shape index (κ1) is 34.2. The Labute approximate surface area is 270 Å². The summed E-state index contributed by atoms with van der Waals surface area (Å²) in [4.78, 5) is 12.3. The summed E-state index contributed by atoms with van der Waals surface area (Å²) in [6.45, 7) is 5.72. The predicted octanol–water partition coefficient (Wildman–Crippen LogP) is 4.56. The summed E-state index contributed by atoms with van der Waals surface area (Å²) in [7, 11) is 1.54. The highest BCUT2D eigenvalue weighted by molar-refractivity contribution is 5.66. The second-order valence-corrected chi connectivity index (χ2v) is 11.6. The Hall–Kier alpha value is -3.19. The van der Waals surface area contributed by atoms with Gasteiger partial charge in [0.25, 0.3) is 0 Å². The van der Waals surface area contributed by atoms with E-state index < -0.39 is 67.4 Å². The Morgan fingerprint density at radius 1 is 0.630 bits per heavy atom. The largest absolute Gasteiger partial charge is 0.454 e. The van der Waals surface area contributed by atoms with Crippen molar-refractivity contribution in [3.8, 4) is 0 Å². The summed E-state index contributed by atoms with van der Waals surface area (Å²) < 4.78 is 49.6. The molecule has 0 aliphatic carbocycles. The number of hydrogen-bond acceptors (Lipinski definition) is 10. The van der Waals surface area contributed by atoms with Crippen molar-refractivity contribution in [3.63, 3.8) is 0 Å². The van der Waals surface area contributed by atoms with Crippen molar-refractivity contribution in [1.29, 1.82) is 0 Å². The number of hydrogen-bond donors (Lipinski definition) is 1.